The predicted molar refractivity (Wildman–Crippen MR) is 71.9 cm³/mol. The van der Waals surface area contributed by atoms with Gasteiger partial charge in [-0.25, -0.2) is 4.79 Å². The van der Waals surface area contributed by atoms with Crippen molar-refractivity contribution in [1.29, 1.82) is 0 Å². The van der Waals surface area contributed by atoms with Gasteiger partial charge in [-0.3, -0.25) is 4.68 Å². The summed E-state index contributed by atoms with van der Waals surface area (Å²) >= 11 is 0. The lowest BCUT2D eigenvalue weighted by Gasteiger charge is -2.17. The molecule has 0 aliphatic heterocycles. The fraction of sp³-hybridized carbons (Fsp3) is 0.733. The Morgan fingerprint density at radius 2 is 2.05 bits per heavy atom. The molecular formula is C15H22N2O2. The molecule has 0 spiro atoms. The van der Waals surface area contributed by atoms with Gasteiger partial charge in [0.15, 0.2) is 0 Å². The van der Waals surface area contributed by atoms with E-state index in [1.165, 1.54) is 44.1 Å². The van der Waals surface area contributed by atoms with E-state index < -0.39 is 12.0 Å². The number of rotatable bonds is 6. The first-order chi connectivity index (χ1) is 9.22. The molecule has 2 aliphatic carbocycles. The molecule has 1 atom stereocenters. The van der Waals surface area contributed by atoms with Gasteiger partial charge in [0, 0.05) is 6.20 Å². The lowest BCUT2D eigenvalue weighted by molar-refractivity contribution is -0.141. The molecule has 0 radical (unpaired) electrons. The topological polar surface area (TPSA) is 55.1 Å². The summed E-state index contributed by atoms with van der Waals surface area (Å²) in [6, 6.07) is -0.476. The van der Waals surface area contributed by atoms with Crippen LogP contribution in [0.3, 0.4) is 0 Å². The van der Waals surface area contributed by atoms with Crippen molar-refractivity contribution in [3.63, 3.8) is 0 Å². The number of nitrogens with zero attached hydrogens (tertiary/aromatic N) is 2. The van der Waals surface area contributed by atoms with E-state index in [4.69, 9.17) is 0 Å². The van der Waals surface area contributed by atoms with E-state index in [9.17, 15) is 9.90 Å². The third-order valence-corrected chi connectivity index (χ3v) is 4.51. The minimum atomic E-state index is -0.743. The molecule has 2 saturated carbocycles. The fourth-order valence-electron chi connectivity index (χ4n) is 3.19. The van der Waals surface area contributed by atoms with Gasteiger partial charge in [0.25, 0.3) is 0 Å². The van der Waals surface area contributed by atoms with Gasteiger partial charge in [0.1, 0.15) is 6.04 Å². The number of aromatic nitrogens is 2. The second-order valence-corrected chi connectivity index (χ2v) is 6.22. The molecule has 0 saturated heterocycles. The molecule has 1 N–H and O–H groups in total. The van der Waals surface area contributed by atoms with Crippen molar-refractivity contribution < 1.29 is 9.90 Å². The number of aliphatic carboxylic acids is 1. The number of carboxylic acids is 1. The van der Waals surface area contributed by atoms with Gasteiger partial charge in [0.05, 0.1) is 6.20 Å². The van der Waals surface area contributed by atoms with Crippen molar-refractivity contribution in [2.24, 2.45) is 11.8 Å². The SMILES string of the molecule is O=C(O)C(CC1CCCC1)n1cc(CC2CC2)cn1. The second-order valence-electron chi connectivity index (χ2n) is 6.22. The van der Waals surface area contributed by atoms with Gasteiger partial charge in [-0.1, -0.05) is 25.7 Å². The molecule has 0 aromatic carbocycles. The molecule has 2 fully saturated rings. The third kappa shape index (κ3) is 3.17. The summed E-state index contributed by atoms with van der Waals surface area (Å²) in [7, 11) is 0. The lowest BCUT2D eigenvalue weighted by Crippen LogP contribution is -2.22. The van der Waals surface area contributed by atoms with Crippen molar-refractivity contribution in [2.45, 2.75) is 57.4 Å². The zero-order valence-corrected chi connectivity index (χ0v) is 11.3. The van der Waals surface area contributed by atoms with Gasteiger partial charge in [-0.2, -0.15) is 5.10 Å². The highest BCUT2D eigenvalue weighted by Gasteiger charge is 2.28. The van der Waals surface area contributed by atoms with Crippen molar-refractivity contribution in [2.75, 3.05) is 0 Å². The van der Waals surface area contributed by atoms with Gasteiger partial charge in [-0.05, 0) is 43.1 Å². The quantitative estimate of drug-likeness (QED) is 0.857. The number of hydrogen-bond acceptors (Lipinski definition) is 2. The number of carboxylic acid groups (broad SMARTS) is 1. The third-order valence-electron chi connectivity index (χ3n) is 4.51. The maximum atomic E-state index is 11.5. The molecule has 4 heteroatoms. The fourth-order valence-corrected chi connectivity index (χ4v) is 3.19. The van der Waals surface area contributed by atoms with Crippen LogP contribution < -0.4 is 0 Å². The zero-order valence-electron chi connectivity index (χ0n) is 11.3. The van der Waals surface area contributed by atoms with Crippen LogP contribution in [0.4, 0.5) is 0 Å². The molecule has 19 heavy (non-hydrogen) atoms. The van der Waals surface area contributed by atoms with E-state index in [0.29, 0.717) is 5.92 Å². The summed E-state index contributed by atoms with van der Waals surface area (Å²) in [6.45, 7) is 0. The van der Waals surface area contributed by atoms with Crippen LogP contribution in [0.2, 0.25) is 0 Å². The summed E-state index contributed by atoms with van der Waals surface area (Å²) in [5.74, 6) is 0.640. The van der Waals surface area contributed by atoms with Gasteiger partial charge in [-0.15, -0.1) is 0 Å². The Morgan fingerprint density at radius 3 is 2.68 bits per heavy atom. The summed E-state index contributed by atoms with van der Waals surface area (Å²) in [6.07, 6.45) is 13.1. The smallest absolute Gasteiger partial charge is 0.328 e. The molecule has 1 aromatic rings. The van der Waals surface area contributed by atoms with Gasteiger partial charge in [0.2, 0.25) is 0 Å². The van der Waals surface area contributed by atoms with Crippen molar-refractivity contribution in [1.82, 2.24) is 9.78 Å². The van der Waals surface area contributed by atoms with Crippen LogP contribution in [-0.4, -0.2) is 20.9 Å². The van der Waals surface area contributed by atoms with Crippen LogP contribution in [0.15, 0.2) is 12.4 Å². The van der Waals surface area contributed by atoms with E-state index in [1.807, 2.05) is 12.4 Å². The Morgan fingerprint density at radius 1 is 1.32 bits per heavy atom. The van der Waals surface area contributed by atoms with Crippen LogP contribution in [0.25, 0.3) is 0 Å². The van der Waals surface area contributed by atoms with Crippen LogP contribution in [0.1, 0.15) is 56.6 Å². The van der Waals surface area contributed by atoms with Crippen molar-refractivity contribution in [3.8, 4) is 0 Å². The average Bonchev–Trinajstić information content (AvgIpc) is 2.88. The number of carbonyl (C=O) groups is 1. The Hall–Kier alpha value is -1.32. The number of hydrogen-bond donors (Lipinski definition) is 1. The first-order valence-corrected chi connectivity index (χ1v) is 7.48. The molecule has 0 bridgehead atoms. The van der Waals surface area contributed by atoms with E-state index in [2.05, 4.69) is 5.10 Å². The highest BCUT2D eigenvalue weighted by molar-refractivity contribution is 5.71. The van der Waals surface area contributed by atoms with Crippen LogP contribution >= 0.6 is 0 Å². The molecule has 104 valence electrons. The van der Waals surface area contributed by atoms with E-state index >= 15 is 0 Å². The highest BCUT2D eigenvalue weighted by Crippen LogP contribution is 2.34. The normalized spacial score (nSPS) is 21.7. The average molecular weight is 262 g/mol. The van der Waals surface area contributed by atoms with E-state index in [0.717, 1.165) is 18.8 Å². The molecule has 1 heterocycles. The molecule has 3 rings (SSSR count). The minimum Gasteiger partial charge on any atom is -0.480 e. The monoisotopic (exact) mass is 262 g/mol. The minimum absolute atomic E-state index is 0.476. The first-order valence-electron chi connectivity index (χ1n) is 7.48. The maximum absolute atomic E-state index is 11.5. The van der Waals surface area contributed by atoms with Crippen LogP contribution in [0, 0.1) is 11.8 Å². The summed E-state index contributed by atoms with van der Waals surface area (Å²) in [4.78, 5) is 11.5. The molecule has 2 aliphatic rings. The molecule has 1 aromatic heterocycles. The van der Waals surface area contributed by atoms with Crippen molar-refractivity contribution in [3.05, 3.63) is 18.0 Å². The second kappa shape index (κ2) is 5.35. The molecule has 0 amide bonds. The van der Waals surface area contributed by atoms with Crippen LogP contribution in [0.5, 0.6) is 0 Å². The Labute approximate surface area is 113 Å². The highest BCUT2D eigenvalue weighted by atomic mass is 16.4. The first kappa shape index (κ1) is 12.7. The largest absolute Gasteiger partial charge is 0.480 e. The van der Waals surface area contributed by atoms with Crippen LogP contribution in [-0.2, 0) is 11.2 Å². The standard InChI is InChI=1S/C15H22N2O2/c18-15(19)14(8-11-3-1-2-4-11)17-10-13(9-16-17)7-12-5-6-12/h9-12,14H,1-8H2,(H,18,19). The zero-order chi connectivity index (χ0) is 13.2. The predicted octanol–water partition coefficient (Wildman–Crippen LogP) is 3.04. The van der Waals surface area contributed by atoms with Gasteiger partial charge < -0.3 is 5.11 Å². The maximum Gasteiger partial charge on any atom is 0.328 e. The molecule has 4 nitrogen and oxygen atoms in total. The Bertz CT molecular complexity index is 445. The lowest BCUT2D eigenvalue weighted by atomic mass is 9.98. The molecule has 1 unspecified atom stereocenters. The Kier molecular flexibility index (Phi) is 3.58. The summed E-state index contributed by atoms with van der Waals surface area (Å²) in [5.41, 5.74) is 1.19. The Balaban J connectivity index is 1.67. The van der Waals surface area contributed by atoms with E-state index in [1.54, 1.807) is 4.68 Å². The summed E-state index contributed by atoms with van der Waals surface area (Å²) in [5, 5.41) is 13.7. The van der Waals surface area contributed by atoms with E-state index in [-0.39, 0.29) is 0 Å². The summed E-state index contributed by atoms with van der Waals surface area (Å²) < 4.78 is 1.68. The van der Waals surface area contributed by atoms with Crippen molar-refractivity contribution >= 4 is 5.97 Å². The molecular weight excluding hydrogens is 240 g/mol. The van der Waals surface area contributed by atoms with Gasteiger partial charge >= 0.3 is 5.97 Å².